The summed E-state index contributed by atoms with van der Waals surface area (Å²) in [6.07, 6.45) is 0. The van der Waals surface area contributed by atoms with Gasteiger partial charge < -0.3 is 5.11 Å². The van der Waals surface area contributed by atoms with Gasteiger partial charge in [-0.25, -0.2) is 13.1 Å². The number of para-hydroxylation sites is 1. The molecule has 2 rings (SSSR count). The summed E-state index contributed by atoms with van der Waals surface area (Å²) in [6, 6.07) is 14.1. The number of rotatable bonds is 4. The Kier molecular flexibility index (Phi) is 4.03. The summed E-state index contributed by atoms with van der Waals surface area (Å²) in [4.78, 5) is 0.0203. The van der Waals surface area contributed by atoms with Crippen LogP contribution >= 0.6 is 0 Å². The summed E-state index contributed by atoms with van der Waals surface area (Å²) in [7, 11) is -3.72. The maximum Gasteiger partial charge on any atom is 0.240 e. The molecular formula is C14H12N2O3S. The Morgan fingerprint density at radius 2 is 1.90 bits per heavy atom. The van der Waals surface area contributed by atoms with E-state index in [-0.39, 0.29) is 22.8 Å². The lowest BCUT2D eigenvalue weighted by molar-refractivity contribution is 0.467. The summed E-state index contributed by atoms with van der Waals surface area (Å²) in [5.74, 6) is 0.0287. The number of nitrogens with zero attached hydrogens (tertiary/aromatic N) is 1. The van der Waals surface area contributed by atoms with E-state index in [1.165, 1.54) is 30.3 Å². The zero-order valence-corrected chi connectivity index (χ0v) is 11.3. The van der Waals surface area contributed by atoms with E-state index in [1.54, 1.807) is 18.2 Å². The first-order valence-corrected chi connectivity index (χ1v) is 7.28. The van der Waals surface area contributed by atoms with E-state index in [1.807, 2.05) is 6.07 Å². The minimum absolute atomic E-state index is 0.0203. The lowest BCUT2D eigenvalue weighted by Gasteiger charge is -2.08. The third-order valence-corrected chi connectivity index (χ3v) is 4.12. The predicted molar refractivity (Wildman–Crippen MR) is 73.3 cm³/mol. The summed E-state index contributed by atoms with van der Waals surface area (Å²) in [5.41, 5.74) is 0.753. The normalized spacial score (nSPS) is 10.9. The molecule has 0 saturated heterocycles. The Morgan fingerprint density at radius 1 is 1.15 bits per heavy atom. The molecule has 2 aromatic carbocycles. The Morgan fingerprint density at radius 3 is 2.60 bits per heavy atom. The molecule has 0 bridgehead atoms. The molecular weight excluding hydrogens is 276 g/mol. The molecule has 0 unspecified atom stereocenters. The van der Waals surface area contributed by atoms with Gasteiger partial charge in [0.2, 0.25) is 10.0 Å². The molecule has 0 aliphatic heterocycles. The van der Waals surface area contributed by atoms with E-state index >= 15 is 0 Å². The topological polar surface area (TPSA) is 90.2 Å². The first kappa shape index (κ1) is 14.1. The largest absolute Gasteiger partial charge is 0.508 e. The van der Waals surface area contributed by atoms with E-state index in [0.29, 0.717) is 5.56 Å². The standard InChI is InChI=1S/C14H12N2O3S/c15-9-11-4-3-6-13(8-11)20(18,19)16-10-12-5-1-2-7-14(12)17/h1-8,16-17H,10H2. The molecule has 0 atom stereocenters. The van der Waals surface area contributed by atoms with Crippen molar-refractivity contribution in [2.45, 2.75) is 11.4 Å². The average molecular weight is 288 g/mol. The highest BCUT2D eigenvalue weighted by molar-refractivity contribution is 7.89. The van der Waals surface area contributed by atoms with Gasteiger partial charge in [0.1, 0.15) is 5.75 Å². The lowest BCUT2D eigenvalue weighted by atomic mass is 10.2. The zero-order valence-electron chi connectivity index (χ0n) is 10.4. The number of benzene rings is 2. The van der Waals surface area contributed by atoms with Gasteiger partial charge in [-0.3, -0.25) is 0 Å². The van der Waals surface area contributed by atoms with Gasteiger partial charge in [-0.05, 0) is 24.3 Å². The zero-order chi connectivity index (χ0) is 14.6. The molecule has 0 radical (unpaired) electrons. The van der Waals surface area contributed by atoms with Gasteiger partial charge in [-0.2, -0.15) is 5.26 Å². The number of hydrogen-bond donors (Lipinski definition) is 2. The second-order valence-electron chi connectivity index (χ2n) is 4.09. The second kappa shape index (κ2) is 5.74. The van der Waals surface area contributed by atoms with Crippen molar-refractivity contribution in [2.24, 2.45) is 0 Å². The number of nitriles is 1. The third kappa shape index (κ3) is 3.15. The van der Waals surface area contributed by atoms with Gasteiger partial charge in [0.25, 0.3) is 0 Å². The van der Waals surface area contributed by atoms with Crippen LogP contribution < -0.4 is 4.72 Å². The molecule has 0 aliphatic rings. The first-order valence-electron chi connectivity index (χ1n) is 5.79. The van der Waals surface area contributed by atoms with Gasteiger partial charge in [-0.1, -0.05) is 24.3 Å². The van der Waals surface area contributed by atoms with Crippen LogP contribution in [0.2, 0.25) is 0 Å². The van der Waals surface area contributed by atoms with E-state index in [0.717, 1.165) is 0 Å². The average Bonchev–Trinajstić information content (AvgIpc) is 2.46. The first-order chi connectivity index (χ1) is 9.53. The minimum atomic E-state index is -3.72. The van der Waals surface area contributed by atoms with Crippen LogP contribution in [0.5, 0.6) is 5.75 Å². The Labute approximate surface area is 117 Å². The molecule has 20 heavy (non-hydrogen) atoms. The van der Waals surface area contributed by atoms with E-state index in [2.05, 4.69) is 4.72 Å². The van der Waals surface area contributed by atoms with Crippen LogP contribution in [0.3, 0.4) is 0 Å². The number of phenolic OH excluding ortho intramolecular Hbond substituents is 1. The molecule has 0 saturated carbocycles. The fraction of sp³-hybridized carbons (Fsp3) is 0.0714. The molecule has 0 aromatic heterocycles. The summed E-state index contributed by atoms with van der Waals surface area (Å²) in [6.45, 7) is -0.0220. The molecule has 0 spiro atoms. The third-order valence-electron chi connectivity index (χ3n) is 2.72. The summed E-state index contributed by atoms with van der Waals surface area (Å²) >= 11 is 0. The molecule has 0 fully saturated rings. The van der Waals surface area contributed by atoms with Crippen molar-refractivity contribution < 1.29 is 13.5 Å². The molecule has 6 heteroatoms. The van der Waals surface area contributed by atoms with Gasteiger partial charge in [0, 0.05) is 12.1 Å². The maximum atomic E-state index is 12.1. The fourth-order valence-electron chi connectivity index (χ4n) is 1.65. The molecule has 102 valence electrons. The number of phenols is 1. The Bertz CT molecular complexity index is 764. The molecule has 2 N–H and O–H groups in total. The molecule has 2 aromatic rings. The van der Waals surface area contributed by atoms with Crippen molar-refractivity contribution in [2.75, 3.05) is 0 Å². The van der Waals surface area contributed by atoms with Crippen molar-refractivity contribution in [3.05, 3.63) is 59.7 Å². The highest BCUT2D eigenvalue weighted by Crippen LogP contribution is 2.17. The number of nitrogens with one attached hydrogen (secondary N) is 1. The smallest absolute Gasteiger partial charge is 0.240 e. The number of hydrogen-bond acceptors (Lipinski definition) is 4. The van der Waals surface area contributed by atoms with Crippen LogP contribution in [-0.2, 0) is 16.6 Å². The molecule has 0 aliphatic carbocycles. The van der Waals surface area contributed by atoms with E-state index in [9.17, 15) is 13.5 Å². The summed E-state index contributed by atoms with van der Waals surface area (Å²) in [5, 5.41) is 18.4. The molecule has 0 amide bonds. The van der Waals surface area contributed by atoms with Crippen LogP contribution in [0.25, 0.3) is 0 Å². The van der Waals surface area contributed by atoms with Crippen molar-refractivity contribution in [3.8, 4) is 11.8 Å². The summed E-state index contributed by atoms with van der Waals surface area (Å²) < 4.78 is 26.6. The second-order valence-corrected chi connectivity index (χ2v) is 5.86. The van der Waals surface area contributed by atoms with Crippen molar-refractivity contribution in [1.82, 2.24) is 4.72 Å². The van der Waals surface area contributed by atoms with Crippen molar-refractivity contribution in [1.29, 1.82) is 5.26 Å². The monoisotopic (exact) mass is 288 g/mol. The van der Waals surface area contributed by atoms with Crippen LogP contribution in [0.1, 0.15) is 11.1 Å². The van der Waals surface area contributed by atoms with Crippen LogP contribution in [0.4, 0.5) is 0 Å². The van der Waals surface area contributed by atoms with Crippen LogP contribution in [0, 0.1) is 11.3 Å². The minimum Gasteiger partial charge on any atom is -0.508 e. The SMILES string of the molecule is N#Cc1cccc(S(=O)(=O)NCc2ccccc2O)c1. The lowest BCUT2D eigenvalue weighted by Crippen LogP contribution is -2.23. The number of aromatic hydroxyl groups is 1. The fourth-order valence-corrected chi connectivity index (χ4v) is 2.70. The Balaban J connectivity index is 2.20. The van der Waals surface area contributed by atoms with E-state index < -0.39 is 10.0 Å². The highest BCUT2D eigenvalue weighted by Gasteiger charge is 2.14. The van der Waals surface area contributed by atoms with Crippen molar-refractivity contribution >= 4 is 10.0 Å². The molecule has 0 heterocycles. The van der Waals surface area contributed by atoms with E-state index in [4.69, 9.17) is 5.26 Å². The van der Waals surface area contributed by atoms with Gasteiger partial charge in [0.05, 0.1) is 16.5 Å². The molecule has 5 nitrogen and oxygen atoms in total. The van der Waals surface area contributed by atoms with Crippen LogP contribution in [-0.4, -0.2) is 13.5 Å². The maximum absolute atomic E-state index is 12.1. The van der Waals surface area contributed by atoms with Crippen LogP contribution in [0.15, 0.2) is 53.4 Å². The van der Waals surface area contributed by atoms with Gasteiger partial charge >= 0.3 is 0 Å². The highest BCUT2D eigenvalue weighted by atomic mass is 32.2. The number of sulfonamides is 1. The van der Waals surface area contributed by atoms with Gasteiger partial charge in [0.15, 0.2) is 0 Å². The predicted octanol–water partition coefficient (Wildman–Crippen LogP) is 1.74. The van der Waals surface area contributed by atoms with Crippen molar-refractivity contribution in [3.63, 3.8) is 0 Å². The Hall–Kier alpha value is -2.36. The van der Waals surface area contributed by atoms with Gasteiger partial charge in [-0.15, -0.1) is 0 Å². The quantitative estimate of drug-likeness (QED) is 0.896.